The molecule has 0 aromatic heterocycles. The Kier molecular flexibility index (Phi) is 39.5. The molecule has 0 bridgehead atoms. The van der Waals surface area contributed by atoms with Crippen molar-refractivity contribution in [2.24, 2.45) is 0 Å². The first-order valence-electron chi connectivity index (χ1n) is 25.8. The van der Waals surface area contributed by atoms with Gasteiger partial charge in [0.1, 0.15) is 36.8 Å². The lowest BCUT2D eigenvalue weighted by Crippen LogP contribution is -2.60. The first-order valence-corrected chi connectivity index (χ1v) is 27.5. The van der Waals surface area contributed by atoms with Crippen LogP contribution in [-0.2, 0) is 38.7 Å². The van der Waals surface area contributed by atoms with E-state index in [0.29, 0.717) is 19.3 Å². The first kappa shape index (κ1) is 61.4. The van der Waals surface area contributed by atoms with E-state index in [1.807, 2.05) is 6.08 Å². The van der Waals surface area contributed by atoms with Gasteiger partial charge in [0.2, 0.25) is 0 Å². The Hall–Kier alpha value is -2.65. The average Bonchev–Trinajstić information content (AvgIpc) is 3.28. The molecule has 0 radical (unpaired) electrons. The minimum Gasteiger partial charge on any atom is -0.462 e. The van der Waals surface area contributed by atoms with Crippen molar-refractivity contribution in [3.63, 3.8) is 0 Å². The van der Waals surface area contributed by atoms with Gasteiger partial charge in [-0.3, -0.25) is 14.1 Å². The number of hydrogen-bond donors (Lipinski definition) is 4. The number of rotatable bonds is 43. The zero-order valence-electron chi connectivity index (χ0n) is 41.0. The molecule has 0 saturated carbocycles. The van der Waals surface area contributed by atoms with Crippen molar-refractivity contribution in [3.05, 3.63) is 60.8 Å². The predicted molar refractivity (Wildman–Crippen MR) is 265 cm³/mol. The predicted octanol–water partition coefficient (Wildman–Crippen LogP) is 11.7. The number of allylic oxidation sites excluding steroid dienone is 10. The van der Waals surface area contributed by atoms with Crippen LogP contribution in [0.2, 0.25) is 0 Å². The number of aliphatic hydroxyl groups excluding tert-OH is 3. The number of carbonyl (C=O) groups excluding carboxylic acids is 2. The standard InChI is InChI=1S/C53H92O12S/c1-3-5-7-9-11-13-15-17-19-20-21-22-23-24-25-26-28-30-32-34-36-38-40-42-49(55)64-46(44-63-53-52(58)51(57)50(56)47(65-53)45-66(59,60)61)43-62-48(54)41-39-37-35-33-31-29-27-18-16-14-12-10-8-6-4-2/h12,14,18,26-28,31,33-34,36,46-47,50-53,56-58H,3-11,13,15-17,19-25,29-30,32,35,37-45H2,1-2H3,(H,59,60,61)/b14-12+,27-18+,28-26+,33-31+,36-34+/t46-,47-,50-,51?,52?,53+/m1/s1. The third-order valence-corrected chi connectivity index (χ3v) is 12.3. The van der Waals surface area contributed by atoms with Crippen molar-refractivity contribution >= 4 is 22.1 Å². The summed E-state index contributed by atoms with van der Waals surface area (Å²) in [5.41, 5.74) is 0. The Labute approximate surface area is 400 Å². The van der Waals surface area contributed by atoms with Crippen LogP contribution >= 0.6 is 0 Å². The summed E-state index contributed by atoms with van der Waals surface area (Å²) in [6.45, 7) is 3.69. The maximum Gasteiger partial charge on any atom is 0.306 e. The molecule has 1 aliphatic heterocycles. The number of ether oxygens (including phenoxy) is 4. The molecule has 0 aromatic rings. The van der Waals surface area contributed by atoms with Gasteiger partial charge in [-0.05, 0) is 83.5 Å². The van der Waals surface area contributed by atoms with Crippen LogP contribution in [0.1, 0.15) is 206 Å². The van der Waals surface area contributed by atoms with Crippen molar-refractivity contribution < 1.29 is 56.8 Å². The lowest BCUT2D eigenvalue weighted by atomic mass is 10.00. The van der Waals surface area contributed by atoms with E-state index in [-0.39, 0.29) is 19.4 Å². The van der Waals surface area contributed by atoms with Crippen LogP contribution in [0, 0.1) is 0 Å². The number of aliphatic hydroxyl groups is 3. The van der Waals surface area contributed by atoms with Gasteiger partial charge in [-0.1, -0.05) is 171 Å². The second-order valence-corrected chi connectivity index (χ2v) is 19.3. The van der Waals surface area contributed by atoms with E-state index in [4.69, 9.17) is 18.9 Å². The molecule has 0 spiro atoms. The van der Waals surface area contributed by atoms with Gasteiger partial charge in [0, 0.05) is 12.8 Å². The van der Waals surface area contributed by atoms with Gasteiger partial charge in [0.15, 0.2) is 12.4 Å². The minimum absolute atomic E-state index is 0.0945. The van der Waals surface area contributed by atoms with Crippen molar-refractivity contribution in [1.29, 1.82) is 0 Å². The van der Waals surface area contributed by atoms with E-state index in [9.17, 15) is 37.9 Å². The quantitative estimate of drug-likeness (QED) is 0.0196. The van der Waals surface area contributed by atoms with Gasteiger partial charge >= 0.3 is 11.9 Å². The molecule has 0 aromatic carbocycles. The highest BCUT2D eigenvalue weighted by Gasteiger charge is 2.46. The lowest BCUT2D eigenvalue weighted by molar-refractivity contribution is -0.297. The number of esters is 2. The van der Waals surface area contributed by atoms with Gasteiger partial charge in [0.25, 0.3) is 10.1 Å². The molecule has 6 atom stereocenters. The summed E-state index contributed by atoms with van der Waals surface area (Å²) in [7, 11) is -4.62. The van der Waals surface area contributed by atoms with Crippen LogP contribution in [0.3, 0.4) is 0 Å². The molecular formula is C53H92O12S. The molecule has 12 nitrogen and oxygen atoms in total. The summed E-state index contributed by atoms with van der Waals surface area (Å²) in [5, 5.41) is 30.9. The summed E-state index contributed by atoms with van der Waals surface area (Å²) in [6, 6.07) is 0. The molecular weight excluding hydrogens is 861 g/mol. The summed E-state index contributed by atoms with van der Waals surface area (Å²) < 4.78 is 54.1. The molecule has 1 fully saturated rings. The van der Waals surface area contributed by atoms with E-state index in [1.54, 1.807) is 0 Å². The van der Waals surface area contributed by atoms with Crippen LogP contribution in [0.25, 0.3) is 0 Å². The monoisotopic (exact) mass is 953 g/mol. The van der Waals surface area contributed by atoms with E-state index < -0.39 is 71.2 Å². The molecule has 1 rings (SSSR count). The fourth-order valence-electron chi connectivity index (χ4n) is 7.53. The molecule has 1 heterocycles. The zero-order valence-corrected chi connectivity index (χ0v) is 41.9. The van der Waals surface area contributed by atoms with Crippen molar-refractivity contribution in [3.8, 4) is 0 Å². The second kappa shape index (κ2) is 42.5. The maximum absolute atomic E-state index is 12.8. The summed E-state index contributed by atoms with van der Waals surface area (Å²) >= 11 is 0. The van der Waals surface area contributed by atoms with Crippen LogP contribution in [-0.4, -0.2) is 96.0 Å². The highest BCUT2D eigenvalue weighted by Crippen LogP contribution is 2.24. The van der Waals surface area contributed by atoms with Crippen LogP contribution < -0.4 is 0 Å². The third-order valence-electron chi connectivity index (χ3n) is 11.5. The number of carbonyl (C=O) groups is 2. The summed E-state index contributed by atoms with van der Waals surface area (Å²) in [5.74, 6) is -2.09. The fourth-order valence-corrected chi connectivity index (χ4v) is 8.22. The molecule has 66 heavy (non-hydrogen) atoms. The van der Waals surface area contributed by atoms with E-state index in [1.165, 1.54) is 109 Å². The topological polar surface area (TPSA) is 186 Å². The number of unbranched alkanes of at least 4 members (excludes halogenated alkanes) is 21. The molecule has 0 aliphatic carbocycles. The largest absolute Gasteiger partial charge is 0.462 e. The van der Waals surface area contributed by atoms with Gasteiger partial charge in [-0.15, -0.1) is 0 Å². The Morgan fingerprint density at radius 3 is 1.48 bits per heavy atom. The Bertz CT molecular complexity index is 1440. The Morgan fingerprint density at radius 1 is 0.515 bits per heavy atom. The smallest absolute Gasteiger partial charge is 0.306 e. The molecule has 4 N–H and O–H groups in total. The summed E-state index contributed by atoms with van der Waals surface area (Å²) in [4.78, 5) is 25.5. The normalized spacial score (nSPS) is 19.9. The van der Waals surface area contributed by atoms with Crippen molar-refractivity contribution in [2.45, 2.75) is 243 Å². The third kappa shape index (κ3) is 36.4. The maximum atomic E-state index is 12.8. The van der Waals surface area contributed by atoms with Gasteiger partial charge in [-0.25, -0.2) is 0 Å². The summed E-state index contributed by atoms with van der Waals surface area (Å²) in [6.07, 6.45) is 44.2. The van der Waals surface area contributed by atoms with Crippen LogP contribution in [0.5, 0.6) is 0 Å². The molecule has 13 heteroatoms. The van der Waals surface area contributed by atoms with Crippen LogP contribution in [0.15, 0.2) is 60.8 Å². The highest BCUT2D eigenvalue weighted by molar-refractivity contribution is 7.85. The fraction of sp³-hybridized carbons (Fsp3) is 0.774. The lowest BCUT2D eigenvalue weighted by Gasteiger charge is -2.40. The minimum atomic E-state index is -4.62. The number of hydrogen-bond acceptors (Lipinski definition) is 11. The molecule has 1 saturated heterocycles. The molecule has 382 valence electrons. The molecule has 0 amide bonds. The van der Waals surface area contributed by atoms with Crippen molar-refractivity contribution in [1.82, 2.24) is 0 Å². The van der Waals surface area contributed by atoms with E-state index in [2.05, 4.69) is 68.5 Å². The van der Waals surface area contributed by atoms with Gasteiger partial charge in [0.05, 0.1) is 6.61 Å². The van der Waals surface area contributed by atoms with Crippen LogP contribution in [0.4, 0.5) is 0 Å². The van der Waals surface area contributed by atoms with Gasteiger partial charge in [-0.2, -0.15) is 8.42 Å². The van der Waals surface area contributed by atoms with Gasteiger partial charge < -0.3 is 34.3 Å². The first-order chi connectivity index (χ1) is 32.0. The Morgan fingerprint density at radius 2 is 0.939 bits per heavy atom. The van der Waals surface area contributed by atoms with E-state index >= 15 is 0 Å². The zero-order chi connectivity index (χ0) is 48.4. The second-order valence-electron chi connectivity index (χ2n) is 17.8. The molecule has 2 unspecified atom stereocenters. The SMILES string of the molecule is CCCCC/C=C/C/C=C/C/C=C/CCCCC(=O)OC[C@H](CO[C@H]1O[C@H](CS(=O)(=O)O)[C@@H](O)C(O)C1O)OC(=O)CCC/C=C/CC/C=C/CCCCCCCCCCCCCCCC. The van der Waals surface area contributed by atoms with Crippen molar-refractivity contribution in [2.75, 3.05) is 19.0 Å². The average molecular weight is 953 g/mol. The highest BCUT2D eigenvalue weighted by atomic mass is 32.2. The molecule has 1 aliphatic rings. The van der Waals surface area contributed by atoms with E-state index in [0.717, 1.165) is 51.4 Å². The Balaban J connectivity index is 2.41.